The smallest absolute Gasteiger partial charge is 0.428 e. The van der Waals surface area contributed by atoms with Crippen molar-refractivity contribution in [3.63, 3.8) is 0 Å². The zero-order valence-corrected chi connectivity index (χ0v) is 15.6. The molecule has 3 heterocycles. The number of aliphatic hydroxyl groups is 1. The molecule has 6 nitrogen and oxygen atoms in total. The molecule has 0 spiro atoms. The Hall–Kier alpha value is -1.86. The van der Waals surface area contributed by atoms with Gasteiger partial charge < -0.3 is 20.0 Å². The molecule has 4 aliphatic carbocycles. The van der Waals surface area contributed by atoms with E-state index in [4.69, 9.17) is 5.10 Å². The van der Waals surface area contributed by atoms with Gasteiger partial charge >= 0.3 is 7.05 Å². The maximum atomic E-state index is 11.0. The number of hydrogen-bond donors (Lipinski definition) is 3. The number of nitrogens with zero attached hydrogens (tertiary/aromatic N) is 3. The predicted octanol–water partition coefficient (Wildman–Crippen LogP) is 1.48. The molecule has 0 aromatic carbocycles. The van der Waals surface area contributed by atoms with Gasteiger partial charge in [0.15, 0.2) is 0 Å². The molecule has 2 aromatic heterocycles. The average molecular weight is 364 g/mol. The second-order valence-corrected chi connectivity index (χ2v) is 9.16. The first-order chi connectivity index (χ1) is 13.1. The molecule has 7 rings (SSSR count). The van der Waals surface area contributed by atoms with Crippen LogP contribution in [0.1, 0.15) is 44.6 Å². The van der Waals surface area contributed by atoms with Crippen LogP contribution in [0.2, 0.25) is 0 Å². The Labute approximate surface area is 158 Å². The predicted molar refractivity (Wildman–Crippen MR) is 105 cm³/mol. The lowest BCUT2D eigenvalue weighted by Gasteiger charge is -2.58. The fraction of sp³-hybridized carbons (Fsp3) is 0.600. The van der Waals surface area contributed by atoms with E-state index in [9.17, 15) is 10.1 Å². The Bertz CT molecular complexity index is 941. The van der Waals surface area contributed by atoms with Crippen LogP contribution in [0.5, 0.6) is 0 Å². The largest absolute Gasteiger partial charge is 0.468 e. The van der Waals surface area contributed by atoms with Crippen LogP contribution in [-0.2, 0) is 0 Å². The van der Waals surface area contributed by atoms with Crippen molar-refractivity contribution in [2.45, 2.75) is 44.6 Å². The van der Waals surface area contributed by atoms with Crippen molar-refractivity contribution >= 4 is 29.3 Å². The summed E-state index contributed by atoms with van der Waals surface area (Å²) in [6, 6.07) is 2.05. The fourth-order valence-corrected chi connectivity index (χ4v) is 6.81. The summed E-state index contributed by atoms with van der Waals surface area (Å²) in [5.74, 6) is 2.01. The van der Waals surface area contributed by atoms with Crippen molar-refractivity contribution in [3.05, 3.63) is 24.0 Å². The summed E-state index contributed by atoms with van der Waals surface area (Å²) in [7, 11) is -0.749. The molecule has 3 N–H and O–H groups in total. The molecular formula is C20H25BN4O2. The Morgan fingerprint density at radius 2 is 2.07 bits per heavy atom. The molecule has 2 atom stereocenters. The summed E-state index contributed by atoms with van der Waals surface area (Å²) in [6.07, 6.45) is 8.90. The van der Waals surface area contributed by atoms with Crippen molar-refractivity contribution in [1.29, 1.82) is 0 Å². The second kappa shape index (κ2) is 5.36. The van der Waals surface area contributed by atoms with Crippen LogP contribution in [0.4, 0.5) is 0 Å². The van der Waals surface area contributed by atoms with E-state index in [1.165, 1.54) is 12.8 Å². The van der Waals surface area contributed by atoms with E-state index in [1.807, 2.05) is 13.1 Å². The Morgan fingerprint density at radius 1 is 1.30 bits per heavy atom. The SMILES string of the molecule is CCN1N=C(C2[C@H]3CC4C[C@H]2CC(O)(C4)C3)c2c(cnc3[nH]ccc23)B1O. The van der Waals surface area contributed by atoms with Gasteiger partial charge in [-0.15, -0.1) is 0 Å². The molecule has 0 radical (unpaired) electrons. The topological polar surface area (TPSA) is 84.7 Å². The summed E-state index contributed by atoms with van der Waals surface area (Å²) in [6.45, 7) is 2.68. The zero-order chi connectivity index (χ0) is 18.3. The van der Waals surface area contributed by atoms with Gasteiger partial charge in [0, 0.05) is 41.3 Å². The zero-order valence-electron chi connectivity index (χ0n) is 15.6. The molecular weight excluding hydrogens is 339 g/mol. The van der Waals surface area contributed by atoms with Crippen molar-refractivity contribution in [3.8, 4) is 0 Å². The molecule has 0 saturated heterocycles. The minimum atomic E-state index is -0.749. The average Bonchev–Trinajstić information content (AvgIpc) is 3.10. The lowest BCUT2D eigenvalue weighted by atomic mass is 9.48. The summed E-state index contributed by atoms with van der Waals surface area (Å²) >= 11 is 0. The van der Waals surface area contributed by atoms with E-state index in [1.54, 1.807) is 11.1 Å². The van der Waals surface area contributed by atoms with E-state index in [2.05, 4.69) is 16.0 Å². The van der Waals surface area contributed by atoms with Crippen molar-refractivity contribution in [2.24, 2.45) is 28.8 Å². The number of rotatable bonds is 2. The number of H-pyrrole nitrogens is 1. The Morgan fingerprint density at radius 3 is 2.78 bits per heavy atom. The van der Waals surface area contributed by atoms with Gasteiger partial charge in [-0.3, -0.25) is 0 Å². The van der Waals surface area contributed by atoms with Crippen LogP contribution in [0.25, 0.3) is 11.0 Å². The highest BCUT2D eigenvalue weighted by atomic mass is 16.3. The molecule has 140 valence electrons. The molecule has 0 unspecified atom stereocenters. The van der Waals surface area contributed by atoms with Gasteiger partial charge in [0.2, 0.25) is 0 Å². The molecule has 4 fully saturated rings. The van der Waals surface area contributed by atoms with Gasteiger partial charge in [-0.25, -0.2) is 4.98 Å². The molecule has 0 amide bonds. The van der Waals surface area contributed by atoms with Gasteiger partial charge in [0.1, 0.15) is 5.65 Å². The van der Waals surface area contributed by atoms with Crippen molar-refractivity contribution in [2.75, 3.05) is 6.54 Å². The number of fused-ring (bicyclic) bond motifs is 3. The van der Waals surface area contributed by atoms with Gasteiger partial charge in [0.05, 0.1) is 11.3 Å². The number of hydrogen-bond acceptors (Lipinski definition) is 5. The maximum Gasteiger partial charge on any atom is 0.468 e. The quantitative estimate of drug-likeness (QED) is 0.705. The van der Waals surface area contributed by atoms with Crippen LogP contribution in [-0.4, -0.2) is 49.9 Å². The summed E-state index contributed by atoms with van der Waals surface area (Å²) in [4.78, 5) is 9.51. The van der Waals surface area contributed by atoms with Crippen LogP contribution >= 0.6 is 0 Å². The first-order valence-corrected chi connectivity index (χ1v) is 10.3. The number of nitrogens with one attached hydrogen (secondary N) is 1. The van der Waals surface area contributed by atoms with Crippen LogP contribution in [0.3, 0.4) is 0 Å². The Kier molecular flexibility index (Phi) is 3.20. The van der Waals surface area contributed by atoms with Crippen molar-refractivity contribution in [1.82, 2.24) is 14.9 Å². The fourth-order valence-electron chi connectivity index (χ4n) is 6.81. The third-order valence-corrected chi connectivity index (χ3v) is 7.55. The molecule has 1 aliphatic heterocycles. The van der Waals surface area contributed by atoms with Gasteiger partial charge in [-0.05, 0) is 62.8 Å². The monoisotopic (exact) mass is 364 g/mol. The lowest BCUT2D eigenvalue weighted by Crippen LogP contribution is -2.59. The van der Waals surface area contributed by atoms with Crippen LogP contribution in [0, 0.1) is 23.7 Å². The highest BCUT2D eigenvalue weighted by Crippen LogP contribution is 2.59. The molecule has 5 aliphatic rings. The van der Waals surface area contributed by atoms with E-state index >= 15 is 0 Å². The third-order valence-electron chi connectivity index (χ3n) is 7.55. The van der Waals surface area contributed by atoms with Gasteiger partial charge in [0.25, 0.3) is 0 Å². The summed E-state index contributed by atoms with van der Waals surface area (Å²) in [5, 5.41) is 27.9. The molecule has 4 bridgehead atoms. The summed E-state index contributed by atoms with van der Waals surface area (Å²) < 4.78 is 0. The lowest BCUT2D eigenvalue weighted by molar-refractivity contribution is -0.138. The van der Waals surface area contributed by atoms with Gasteiger partial charge in [-0.1, -0.05) is 0 Å². The first-order valence-electron chi connectivity index (χ1n) is 10.3. The number of hydrazone groups is 1. The summed E-state index contributed by atoms with van der Waals surface area (Å²) in [5.41, 5.74) is 3.45. The number of aromatic nitrogens is 2. The molecule has 2 aromatic rings. The third kappa shape index (κ3) is 2.15. The first kappa shape index (κ1) is 16.1. The highest BCUT2D eigenvalue weighted by molar-refractivity contribution is 6.66. The van der Waals surface area contributed by atoms with E-state index in [0.29, 0.717) is 30.2 Å². The molecule has 27 heavy (non-hydrogen) atoms. The number of aromatic amines is 1. The minimum Gasteiger partial charge on any atom is -0.428 e. The minimum absolute atomic E-state index is 0.364. The second-order valence-electron chi connectivity index (χ2n) is 9.16. The number of pyridine rings is 1. The standard InChI is InChI=1S/C20H25BN4O2/c1-2-25-21(27)15-10-23-19-14(3-4-22-19)17(15)18(24-25)16-12-5-11-6-13(16)9-20(26,7-11)8-12/h3-4,10-13,16,26-27H,2,5-9H2,1H3,(H,22,23)/t11?,12-,13-,16?,20?/m0/s1. The normalized spacial score (nSPS) is 37.1. The van der Waals surface area contributed by atoms with Crippen LogP contribution < -0.4 is 5.46 Å². The van der Waals surface area contributed by atoms with E-state index in [0.717, 1.165) is 47.0 Å². The van der Waals surface area contributed by atoms with Crippen LogP contribution in [0.15, 0.2) is 23.6 Å². The van der Waals surface area contributed by atoms with E-state index < -0.39 is 12.7 Å². The van der Waals surface area contributed by atoms with Gasteiger partial charge in [-0.2, -0.15) is 5.10 Å². The van der Waals surface area contributed by atoms with E-state index in [-0.39, 0.29) is 0 Å². The van der Waals surface area contributed by atoms with Crippen molar-refractivity contribution < 1.29 is 10.1 Å². The molecule has 4 saturated carbocycles. The maximum absolute atomic E-state index is 11.0. The highest BCUT2D eigenvalue weighted by Gasteiger charge is 2.56. The molecule has 7 heteroatoms. The Balaban J connectivity index is 1.53.